The Morgan fingerprint density at radius 3 is 2.17 bits per heavy atom. The minimum Gasteiger partial charge on any atom is -0.381 e. The molecule has 0 fully saturated rings. The van der Waals surface area contributed by atoms with Crippen LogP contribution in [0.3, 0.4) is 0 Å². The third kappa shape index (κ3) is 2.52. The van der Waals surface area contributed by atoms with Gasteiger partial charge in [0.05, 0.1) is 0 Å². The first kappa shape index (κ1) is 13.0. The quantitative estimate of drug-likeness (QED) is 0.876. The number of aliphatic hydroxyl groups is 1. The highest BCUT2D eigenvalue weighted by Crippen LogP contribution is 2.31. The molecule has 0 aliphatic rings. The van der Waals surface area contributed by atoms with Crippen molar-refractivity contribution < 1.29 is 13.9 Å². The lowest BCUT2D eigenvalue weighted by molar-refractivity contribution is 0.101. The Morgan fingerprint density at radius 2 is 1.61 bits per heavy atom. The predicted molar refractivity (Wildman–Crippen MR) is 66.5 cm³/mol. The summed E-state index contributed by atoms with van der Waals surface area (Å²) in [4.78, 5) is 0. The van der Waals surface area contributed by atoms with E-state index in [-0.39, 0.29) is 5.56 Å². The van der Waals surface area contributed by atoms with Crippen molar-refractivity contribution >= 4 is 11.6 Å². The first-order valence-corrected chi connectivity index (χ1v) is 5.72. The zero-order chi connectivity index (χ0) is 13.3. The first-order valence-electron chi connectivity index (χ1n) is 5.34. The van der Waals surface area contributed by atoms with Gasteiger partial charge >= 0.3 is 0 Å². The standard InChI is InChI=1S/C14H11ClF2O/c1-14(18,9-3-2-4-11(15)5-9)10-6-12(16)8-13(17)7-10/h2-8,18H,1H3. The summed E-state index contributed by atoms with van der Waals surface area (Å²) in [5.41, 5.74) is -0.893. The molecule has 1 nitrogen and oxygen atoms in total. The monoisotopic (exact) mass is 268 g/mol. The third-order valence-corrected chi connectivity index (χ3v) is 3.05. The van der Waals surface area contributed by atoms with Crippen LogP contribution in [-0.2, 0) is 5.60 Å². The predicted octanol–water partition coefficient (Wildman–Crippen LogP) is 3.87. The normalized spacial score (nSPS) is 14.3. The van der Waals surface area contributed by atoms with E-state index in [9.17, 15) is 13.9 Å². The zero-order valence-electron chi connectivity index (χ0n) is 9.62. The van der Waals surface area contributed by atoms with Gasteiger partial charge < -0.3 is 5.11 Å². The first-order chi connectivity index (χ1) is 8.39. The zero-order valence-corrected chi connectivity index (χ0v) is 10.4. The molecule has 0 amide bonds. The number of benzene rings is 2. The van der Waals surface area contributed by atoms with E-state index in [2.05, 4.69) is 0 Å². The molecule has 0 spiro atoms. The molecule has 1 atom stereocenters. The summed E-state index contributed by atoms with van der Waals surface area (Å²) in [5, 5.41) is 10.9. The van der Waals surface area contributed by atoms with Gasteiger partial charge in [0.1, 0.15) is 17.2 Å². The van der Waals surface area contributed by atoms with Gasteiger partial charge in [-0.15, -0.1) is 0 Å². The second-order valence-corrected chi connectivity index (χ2v) is 4.68. The molecule has 4 heteroatoms. The second-order valence-electron chi connectivity index (χ2n) is 4.24. The lowest BCUT2D eigenvalue weighted by atomic mass is 9.88. The summed E-state index contributed by atoms with van der Waals surface area (Å²) >= 11 is 5.84. The highest BCUT2D eigenvalue weighted by atomic mass is 35.5. The molecular weight excluding hydrogens is 258 g/mol. The minimum atomic E-state index is -1.51. The van der Waals surface area contributed by atoms with Crippen LogP contribution in [0, 0.1) is 11.6 Å². The molecule has 1 N–H and O–H groups in total. The largest absolute Gasteiger partial charge is 0.381 e. The number of hydrogen-bond acceptors (Lipinski definition) is 1. The number of halogens is 3. The van der Waals surface area contributed by atoms with E-state index in [4.69, 9.17) is 11.6 Å². The van der Waals surface area contributed by atoms with Crippen LogP contribution in [-0.4, -0.2) is 5.11 Å². The van der Waals surface area contributed by atoms with Crippen molar-refractivity contribution in [3.05, 3.63) is 70.2 Å². The third-order valence-electron chi connectivity index (χ3n) is 2.81. The van der Waals surface area contributed by atoms with Crippen LogP contribution >= 0.6 is 11.6 Å². The molecule has 0 heterocycles. The van der Waals surface area contributed by atoms with Crippen molar-refractivity contribution in [3.63, 3.8) is 0 Å². The maximum Gasteiger partial charge on any atom is 0.126 e. The van der Waals surface area contributed by atoms with Gasteiger partial charge in [0.2, 0.25) is 0 Å². The molecule has 2 rings (SSSR count). The fraction of sp³-hybridized carbons (Fsp3) is 0.143. The molecule has 0 radical (unpaired) electrons. The lowest BCUT2D eigenvalue weighted by Crippen LogP contribution is -2.23. The SMILES string of the molecule is CC(O)(c1cc(F)cc(F)c1)c1cccc(Cl)c1. The summed E-state index contributed by atoms with van der Waals surface area (Å²) in [7, 11) is 0. The van der Waals surface area contributed by atoms with Crippen LogP contribution in [0.5, 0.6) is 0 Å². The van der Waals surface area contributed by atoms with Crippen LogP contribution < -0.4 is 0 Å². The molecule has 1 unspecified atom stereocenters. The van der Waals surface area contributed by atoms with Gasteiger partial charge in [-0.25, -0.2) is 8.78 Å². The molecule has 2 aromatic rings. The van der Waals surface area contributed by atoms with Gasteiger partial charge in [-0.3, -0.25) is 0 Å². The van der Waals surface area contributed by atoms with E-state index in [0.29, 0.717) is 10.6 Å². The van der Waals surface area contributed by atoms with Gasteiger partial charge in [0.25, 0.3) is 0 Å². The summed E-state index contributed by atoms with van der Waals surface area (Å²) < 4.78 is 26.4. The van der Waals surface area contributed by atoms with E-state index in [1.165, 1.54) is 6.92 Å². The second kappa shape index (κ2) is 4.67. The Kier molecular flexibility index (Phi) is 3.37. The fourth-order valence-corrected chi connectivity index (χ4v) is 1.98. The summed E-state index contributed by atoms with van der Waals surface area (Å²) in [5.74, 6) is -1.46. The van der Waals surface area contributed by atoms with Crippen LogP contribution in [0.4, 0.5) is 8.78 Å². The van der Waals surface area contributed by atoms with E-state index in [1.807, 2.05) is 0 Å². The van der Waals surface area contributed by atoms with E-state index < -0.39 is 17.2 Å². The molecule has 0 saturated carbocycles. The maximum atomic E-state index is 13.2. The Labute approximate surface area is 109 Å². The maximum absolute atomic E-state index is 13.2. The molecule has 0 saturated heterocycles. The summed E-state index contributed by atoms with van der Waals surface area (Å²) in [6, 6.07) is 9.50. The van der Waals surface area contributed by atoms with Crippen molar-refractivity contribution in [2.45, 2.75) is 12.5 Å². The van der Waals surface area contributed by atoms with Crippen molar-refractivity contribution in [1.29, 1.82) is 0 Å². The van der Waals surface area contributed by atoms with Crippen molar-refractivity contribution in [2.24, 2.45) is 0 Å². The highest BCUT2D eigenvalue weighted by Gasteiger charge is 2.26. The van der Waals surface area contributed by atoms with Gasteiger partial charge in [0.15, 0.2) is 0 Å². The molecular formula is C14H11ClF2O. The molecule has 0 bridgehead atoms. The van der Waals surface area contributed by atoms with E-state index >= 15 is 0 Å². The van der Waals surface area contributed by atoms with Crippen molar-refractivity contribution in [2.75, 3.05) is 0 Å². The molecule has 0 aromatic heterocycles. The minimum absolute atomic E-state index is 0.141. The molecule has 18 heavy (non-hydrogen) atoms. The molecule has 0 aliphatic carbocycles. The van der Waals surface area contributed by atoms with Crippen LogP contribution in [0.2, 0.25) is 5.02 Å². The Hall–Kier alpha value is -1.45. The van der Waals surface area contributed by atoms with E-state index in [1.54, 1.807) is 24.3 Å². The Morgan fingerprint density at radius 1 is 1.00 bits per heavy atom. The Balaban J connectivity index is 2.53. The van der Waals surface area contributed by atoms with Gasteiger partial charge in [0, 0.05) is 11.1 Å². The van der Waals surface area contributed by atoms with Gasteiger partial charge in [-0.2, -0.15) is 0 Å². The summed E-state index contributed by atoms with van der Waals surface area (Å²) in [6.45, 7) is 1.47. The molecule has 2 aromatic carbocycles. The van der Waals surface area contributed by atoms with Crippen LogP contribution in [0.25, 0.3) is 0 Å². The van der Waals surface area contributed by atoms with Gasteiger partial charge in [-0.05, 0) is 42.3 Å². The van der Waals surface area contributed by atoms with Gasteiger partial charge in [-0.1, -0.05) is 23.7 Å². The Bertz CT molecular complexity index is 562. The average molecular weight is 269 g/mol. The lowest BCUT2D eigenvalue weighted by Gasteiger charge is -2.24. The fourth-order valence-electron chi connectivity index (χ4n) is 1.79. The van der Waals surface area contributed by atoms with Crippen LogP contribution in [0.15, 0.2) is 42.5 Å². The van der Waals surface area contributed by atoms with Crippen molar-refractivity contribution in [3.8, 4) is 0 Å². The average Bonchev–Trinajstić information content (AvgIpc) is 2.27. The van der Waals surface area contributed by atoms with E-state index in [0.717, 1.165) is 18.2 Å². The molecule has 94 valence electrons. The topological polar surface area (TPSA) is 20.2 Å². The number of hydrogen-bond donors (Lipinski definition) is 1. The van der Waals surface area contributed by atoms with Crippen LogP contribution in [0.1, 0.15) is 18.1 Å². The smallest absolute Gasteiger partial charge is 0.126 e. The molecule has 0 aliphatic heterocycles. The number of rotatable bonds is 2. The van der Waals surface area contributed by atoms with Crippen molar-refractivity contribution in [1.82, 2.24) is 0 Å². The summed E-state index contributed by atoms with van der Waals surface area (Å²) in [6.07, 6.45) is 0. The highest BCUT2D eigenvalue weighted by molar-refractivity contribution is 6.30.